The molecule has 0 radical (unpaired) electrons. The Bertz CT molecular complexity index is 1140. The summed E-state index contributed by atoms with van der Waals surface area (Å²) in [5, 5.41) is 7.40. The molecular formula is C21H24ClN3O5S2. The van der Waals surface area contributed by atoms with E-state index in [4.69, 9.17) is 16.3 Å². The number of amides is 2. The summed E-state index contributed by atoms with van der Waals surface area (Å²) in [6.45, 7) is 3.59. The van der Waals surface area contributed by atoms with Gasteiger partial charge in [0.25, 0.3) is 0 Å². The van der Waals surface area contributed by atoms with Gasteiger partial charge in [-0.1, -0.05) is 23.7 Å². The highest BCUT2D eigenvalue weighted by molar-refractivity contribution is 8.00. The second-order valence-corrected chi connectivity index (χ2v) is 10.9. The van der Waals surface area contributed by atoms with Crippen LogP contribution >= 0.6 is 23.4 Å². The summed E-state index contributed by atoms with van der Waals surface area (Å²) >= 11 is 7.19. The van der Waals surface area contributed by atoms with E-state index in [1.807, 2.05) is 13.0 Å². The molecule has 8 nitrogen and oxygen atoms in total. The van der Waals surface area contributed by atoms with Gasteiger partial charge in [0, 0.05) is 11.6 Å². The van der Waals surface area contributed by atoms with Gasteiger partial charge < -0.3 is 15.4 Å². The van der Waals surface area contributed by atoms with Crippen molar-refractivity contribution in [3.63, 3.8) is 0 Å². The smallest absolute Gasteiger partial charge is 0.241 e. The van der Waals surface area contributed by atoms with Gasteiger partial charge in [-0.2, -0.15) is 0 Å². The van der Waals surface area contributed by atoms with Crippen molar-refractivity contribution < 1.29 is 22.7 Å². The largest absolute Gasteiger partial charge is 0.495 e. The lowest BCUT2D eigenvalue weighted by molar-refractivity contribution is -0.122. The summed E-state index contributed by atoms with van der Waals surface area (Å²) in [5.41, 5.74) is 1.68. The third kappa shape index (κ3) is 5.55. The van der Waals surface area contributed by atoms with Crippen LogP contribution in [0.4, 0.5) is 5.69 Å². The molecule has 1 aliphatic rings. The number of thioether (sulfide) groups is 1. The van der Waals surface area contributed by atoms with E-state index in [0.29, 0.717) is 16.5 Å². The Morgan fingerprint density at radius 2 is 2.00 bits per heavy atom. The first kappa shape index (κ1) is 24.4. The molecular weight excluding hydrogens is 474 g/mol. The van der Waals surface area contributed by atoms with E-state index in [1.165, 1.54) is 19.2 Å². The van der Waals surface area contributed by atoms with Gasteiger partial charge in [0.1, 0.15) is 11.2 Å². The van der Waals surface area contributed by atoms with Gasteiger partial charge in [-0.25, -0.2) is 8.42 Å². The number of benzene rings is 2. The van der Waals surface area contributed by atoms with E-state index in [9.17, 15) is 18.0 Å². The fourth-order valence-electron chi connectivity index (χ4n) is 3.11. The first-order valence-corrected chi connectivity index (χ1v) is 12.7. The number of rotatable bonds is 7. The number of sulfone groups is 1. The highest BCUT2D eigenvalue weighted by Gasteiger charge is 2.38. The predicted molar refractivity (Wildman–Crippen MR) is 126 cm³/mol. The number of aryl methyl sites for hydroxylation is 2. The molecule has 1 saturated heterocycles. The molecule has 3 N–H and O–H groups in total. The van der Waals surface area contributed by atoms with Crippen molar-refractivity contribution in [3.05, 3.63) is 52.5 Å². The molecule has 2 atom stereocenters. The van der Waals surface area contributed by atoms with Gasteiger partial charge >= 0.3 is 0 Å². The minimum absolute atomic E-state index is 0.00682. The molecule has 0 aromatic heterocycles. The van der Waals surface area contributed by atoms with Crippen molar-refractivity contribution in [3.8, 4) is 5.75 Å². The number of carbonyl (C=O) groups is 2. The van der Waals surface area contributed by atoms with Crippen LogP contribution in [0.1, 0.15) is 11.1 Å². The highest BCUT2D eigenvalue weighted by Crippen LogP contribution is 2.26. The third-order valence-electron chi connectivity index (χ3n) is 4.91. The number of halogens is 1. The molecule has 3 rings (SSSR count). The lowest BCUT2D eigenvalue weighted by Crippen LogP contribution is -2.59. The first-order chi connectivity index (χ1) is 15.1. The maximum absolute atomic E-state index is 12.9. The fourth-order valence-corrected chi connectivity index (χ4v) is 5.69. The number of anilines is 1. The number of methoxy groups -OCH3 is 1. The van der Waals surface area contributed by atoms with E-state index in [1.54, 1.807) is 25.1 Å². The molecule has 11 heteroatoms. The zero-order chi connectivity index (χ0) is 23.5. The minimum Gasteiger partial charge on any atom is -0.495 e. The zero-order valence-electron chi connectivity index (χ0n) is 17.8. The van der Waals surface area contributed by atoms with Crippen LogP contribution in [0.3, 0.4) is 0 Å². The molecule has 2 aromatic carbocycles. The van der Waals surface area contributed by atoms with Crippen molar-refractivity contribution in [2.45, 2.75) is 29.5 Å². The molecule has 1 aliphatic heterocycles. The van der Waals surface area contributed by atoms with Crippen molar-refractivity contribution >= 4 is 50.7 Å². The summed E-state index contributed by atoms with van der Waals surface area (Å²) < 4.78 is 31.0. The monoisotopic (exact) mass is 497 g/mol. The van der Waals surface area contributed by atoms with Crippen LogP contribution in [0.5, 0.6) is 5.75 Å². The zero-order valence-corrected chi connectivity index (χ0v) is 20.2. The molecule has 32 heavy (non-hydrogen) atoms. The number of hydrogen-bond donors (Lipinski definition) is 3. The second-order valence-electron chi connectivity index (χ2n) is 7.30. The van der Waals surface area contributed by atoms with Crippen molar-refractivity contribution in [1.82, 2.24) is 10.6 Å². The van der Waals surface area contributed by atoms with E-state index < -0.39 is 26.5 Å². The van der Waals surface area contributed by atoms with Crippen LogP contribution in [-0.4, -0.2) is 50.4 Å². The SMILES string of the molecule is COc1ccc(C)cc1NC(=O)CSC1NCC(S(=O)(=O)c2ccc(C)c(Cl)c2)C(=O)N1. The van der Waals surface area contributed by atoms with E-state index in [-0.39, 0.29) is 23.1 Å². The second kappa shape index (κ2) is 10.1. The lowest BCUT2D eigenvalue weighted by atomic mass is 10.2. The summed E-state index contributed by atoms with van der Waals surface area (Å²) in [5.74, 6) is -0.319. The van der Waals surface area contributed by atoms with Crippen molar-refractivity contribution in [2.75, 3.05) is 24.7 Å². The number of ether oxygens (including phenoxy) is 1. The van der Waals surface area contributed by atoms with Gasteiger partial charge in [-0.3, -0.25) is 14.9 Å². The van der Waals surface area contributed by atoms with Gasteiger partial charge in [0.2, 0.25) is 11.8 Å². The molecule has 0 spiro atoms. The average molecular weight is 498 g/mol. The number of nitrogens with one attached hydrogen (secondary N) is 3. The van der Waals surface area contributed by atoms with E-state index in [0.717, 1.165) is 22.9 Å². The van der Waals surface area contributed by atoms with Crippen LogP contribution < -0.4 is 20.7 Å². The van der Waals surface area contributed by atoms with Crippen molar-refractivity contribution in [2.24, 2.45) is 0 Å². The summed E-state index contributed by atoms with van der Waals surface area (Å²) in [7, 11) is -2.40. The molecule has 0 aliphatic carbocycles. The predicted octanol–water partition coefficient (Wildman–Crippen LogP) is 2.48. The molecule has 1 fully saturated rings. The van der Waals surface area contributed by atoms with Gasteiger partial charge in [0.05, 0.1) is 23.4 Å². The maximum atomic E-state index is 12.9. The number of hydrogen-bond acceptors (Lipinski definition) is 7. The molecule has 0 saturated carbocycles. The molecule has 1 heterocycles. The number of carbonyl (C=O) groups excluding carboxylic acids is 2. The quantitative estimate of drug-likeness (QED) is 0.538. The Labute approximate surface area is 196 Å². The van der Waals surface area contributed by atoms with Crippen molar-refractivity contribution in [1.29, 1.82) is 0 Å². The van der Waals surface area contributed by atoms with Gasteiger partial charge in [-0.15, -0.1) is 11.8 Å². The van der Waals surface area contributed by atoms with Gasteiger partial charge in [-0.05, 0) is 49.2 Å². The fraction of sp³-hybridized carbons (Fsp3) is 0.333. The lowest BCUT2D eigenvalue weighted by Gasteiger charge is -2.29. The van der Waals surface area contributed by atoms with Crippen LogP contribution in [0, 0.1) is 13.8 Å². The van der Waals surface area contributed by atoms with Crippen LogP contribution in [0.25, 0.3) is 0 Å². The third-order valence-corrected chi connectivity index (χ3v) is 8.41. The summed E-state index contributed by atoms with van der Waals surface area (Å²) in [4.78, 5) is 24.9. The van der Waals surface area contributed by atoms with E-state index in [2.05, 4.69) is 16.0 Å². The van der Waals surface area contributed by atoms with Crippen LogP contribution in [0.2, 0.25) is 5.02 Å². The highest BCUT2D eigenvalue weighted by atomic mass is 35.5. The molecule has 2 unspecified atom stereocenters. The van der Waals surface area contributed by atoms with E-state index >= 15 is 0 Å². The first-order valence-electron chi connectivity index (χ1n) is 9.71. The average Bonchev–Trinajstić information content (AvgIpc) is 2.74. The Morgan fingerprint density at radius 3 is 2.66 bits per heavy atom. The topological polar surface area (TPSA) is 114 Å². The Balaban J connectivity index is 1.58. The Hall–Kier alpha value is -2.27. The minimum atomic E-state index is -3.92. The summed E-state index contributed by atoms with van der Waals surface area (Å²) in [6.07, 6.45) is 0. The van der Waals surface area contributed by atoms with Crippen LogP contribution in [0.15, 0.2) is 41.3 Å². The summed E-state index contributed by atoms with van der Waals surface area (Å²) in [6, 6.07) is 9.83. The molecule has 0 bridgehead atoms. The molecule has 172 valence electrons. The Kier molecular flexibility index (Phi) is 7.71. The van der Waals surface area contributed by atoms with Crippen LogP contribution in [-0.2, 0) is 19.4 Å². The Morgan fingerprint density at radius 1 is 1.25 bits per heavy atom. The molecule has 2 amide bonds. The van der Waals surface area contributed by atoms with Gasteiger partial charge in [0.15, 0.2) is 15.1 Å². The maximum Gasteiger partial charge on any atom is 0.241 e. The molecule has 2 aromatic rings. The standard InChI is InChI=1S/C21H24ClN3O5S2/c1-12-4-7-17(30-3)16(8-12)24-19(26)11-31-21-23-10-18(20(27)25-21)32(28,29)14-6-5-13(2)15(22)9-14/h4-9,18,21,23H,10-11H2,1-3H3,(H,24,26)(H,25,27). The normalized spacial score (nSPS) is 18.7.